The molecule has 2 heterocycles. The summed E-state index contributed by atoms with van der Waals surface area (Å²) in [6.07, 6.45) is 1.97. The van der Waals surface area contributed by atoms with Gasteiger partial charge in [-0.15, -0.1) is 0 Å². The number of nitrogens with zero attached hydrogens (tertiary/aromatic N) is 4. The summed E-state index contributed by atoms with van der Waals surface area (Å²) in [5, 5.41) is 11.2. The van der Waals surface area contributed by atoms with E-state index in [9.17, 15) is 4.79 Å². The van der Waals surface area contributed by atoms with Gasteiger partial charge in [-0.1, -0.05) is 18.2 Å². The molecule has 6 N–H and O–H groups in total. The summed E-state index contributed by atoms with van der Waals surface area (Å²) in [6, 6.07) is 14.2. The van der Waals surface area contributed by atoms with E-state index < -0.39 is 0 Å². The van der Waals surface area contributed by atoms with Gasteiger partial charge in [0.15, 0.2) is 5.65 Å². The normalized spacial score (nSPS) is 11.5. The van der Waals surface area contributed by atoms with Gasteiger partial charge in [-0.25, -0.2) is 19.4 Å². The lowest BCUT2D eigenvalue weighted by Gasteiger charge is -2.19. The van der Waals surface area contributed by atoms with E-state index in [0.717, 1.165) is 16.6 Å². The van der Waals surface area contributed by atoms with Crippen molar-refractivity contribution in [2.45, 2.75) is 32.7 Å². The van der Waals surface area contributed by atoms with E-state index in [1.54, 1.807) is 24.3 Å². The number of nitrogens with two attached hydrogens (primary N) is 2. The maximum Gasteiger partial charge on any atom is 0.323 e. The molecule has 0 aliphatic carbocycles. The zero-order valence-corrected chi connectivity index (χ0v) is 18.3. The Balaban J connectivity index is 1.57. The van der Waals surface area contributed by atoms with E-state index in [1.165, 1.54) is 6.33 Å². The number of fused-ring (bicyclic) bond motifs is 1. The summed E-state index contributed by atoms with van der Waals surface area (Å²) in [7, 11) is 0. The van der Waals surface area contributed by atoms with Gasteiger partial charge in [0.05, 0.1) is 16.6 Å². The zero-order valence-electron chi connectivity index (χ0n) is 18.3. The minimum Gasteiger partial charge on any atom is -0.399 e. The first kappa shape index (κ1) is 21.1. The second kappa shape index (κ2) is 8.18. The first-order valence-electron chi connectivity index (χ1n) is 10.2. The van der Waals surface area contributed by atoms with E-state index in [-0.39, 0.29) is 11.6 Å². The Kier molecular flexibility index (Phi) is 5.40. The second-order valence-corrected chi connectivity index (χ2v) is 8.57. The van der Waals surface area contributed by atoms with Crippen molar-refractivity contribution in [3.8, 4) is 0 Å². The molecule has 0 radical (unpaired) electrons. The highest BCUT2D eigenvalue weighted by Gasteiger charge is 2.23. The number of hydrogen-bond donors (Lipinski definition) is 4. The van der Waals surface area contributed by atoms with Crippen molar-refractivity contribution in [1.29, 1.82) is 0 Å². The van der Waals surface area contributed by atoms with Crippen molar-refractivity contribution in [2.75, 3.05) is 22.1 Å². The highest BCUT2D eigenvalue weighted by Crippen LogP contribution is 2.28. The van der Waals surface area contributed by atoms with Crippen LogP contribution in [0, 0.1) is 0 Å². The molecule has 9 heteroatoms. The molecule has 0 aliphatic rings. The lowest BCUT2D eigenvalue weighted by atomic mass is 10.1. The first-order chi connectivity index (χ1) is 15.2. The predicted molar refractivity (Wildman–Crippen MR) is 127 cm³/mol. The molecule has 2 aromatic carbocycles. The molecular formula is C23H26N8O. The van der Waals surface area contributed by atoms with E-state index in [2.05, 4.69) is 41.4 Å². The van der Waals surface area contributed by atoms with Gasteiger partial charge in [0.1, 0.15) is 12.1 Å². The number of nitrogens with one attached hydrogen (secondary N) is 2. The van der Waals surface area contributed by atoms with Gasteiger partial charge in [0.25, 0.3) is 0 Å². The summed E-state index contributed by atoms with van der Waals surface area (Å²) in [4.78, 5) is 20.9. The van der Waals surface area contributed by atoms with Gasteiger partial charge in [0, 0.05) is 23.5 Å². The zero-order chi connectivity index (χ0) is 22.9. The number of carbonyl (C=O) groups excluding carboxylic acids is 1. The lowest BCUT2D eigenvalue weighted by molar-refractivity contribution is 0.262. The van der Waals surface area contributed by atoms with Crippen LogP contribution < -0.4 is 22.1 Å². The third-order valence-electron chi connectivity index (χ3n) is 4.90. The molecule has 0 unspecified atom stereocenters. The Morgan fingerprint density at radius 1 is 1.00 bits per heavy atom. The summed E-state index contributed by atoms with van der Waals surface area (Å²) in [5.41, 5.74) is 16.0. The summed E-state index contributed by atoms with van der Waals surface area (Å²) in [5.74, 6) is 0.399. The van der Waals surface area contributed by atoms with Crippen LogP contribution in [-0.2, 0) is 12.0 Å². The molecule has 0 saturated heterocycles. The molecule has 2 amide bonds. The standard InChI is InChI=1S/C23H26N8O/c1-23(2,3)31-21-19(20(25)26-13-27-21)18(30-31)11-14-6-4-8-16(10-14)28-22(32)29-17-9-5-7-15(24)12-17/h4-10,12-13H,11,24H2,1-3H3,(H2,25,26,27)(H2,28,29,32). The van der Waals surface area contributed by atoms with Crippen molar-refractivity contribution in [3.05, 3.63) is 66.1 Å². The first-order valence-corrected chi connectivity index (χ1v) is 10.2. The van der Waals surface area contributed by atoms with Crippen LogP contribution in [0.15, 0.2) is 54.9 Å². The Labute approximate surface area is 185 Å². The number of nitrogen functional groups attached to an aromatic ring is 2. The van der Waals surface area contributed by atoms with E-state index in [4.69, 9.17) is 16.6 Å². The SMILES string of the molecule is CC(C)(C)n1nc(Cc2cccc(NC(=O)Nc3cccc(N)c3)c2)c2c(N)ncnc21. The molecule has 0 bridgehead atoms. The van der Waals surface area contributed by atoms with Crippen molar-refractivity contribution in [3.63, 3.8) is 0 Å². The lowest BCUT2D eigenvalue weighted by Crippen LogP contribution is -2.23. The summed E-state index contributed by atoms with van der Waals surface area (Å²) in [6.45, 7) is 6.18. The molecule has 9 nitrogen and oxygen atoms in total. The number of carbonyl (C=O) groups is 1. The second-order valence-electron chi connectivity index (χ2n) is 8.57. The van der Waals surface area contributed by atoms with Crippen LogP contribution in [0.25, 0.3) is 11.0 Å². The van der Waals surface area contributed by atoms with Crippen LogP contribution in [0.5, 0.6) is 0 Å². The maximum absolute atomic E-state index is 12.4. The third-order valence-corrected chi connectivity index (χ3v) is 4.90. The van der Waals surface area contributed by atoms with Crippen molar-refractivity contribution in [1.82, 2.24) is 19.7 Å². The minimum atomic E-state index is -0.354. The van der Waals surface area contributed by atoms with Crippen LogP contribution >= 0.6 is 0 Å². The molecular weight excluding hydrogens is 404 g/mol. The number of urea groups is 1. The summed E-state index contributed by atoms with van der Waals surface area (Å²) >= 11 is 0. The molecule has 0 fully saturated rings. The van der Waals surface area contributed by atoms with Crippen LogP contribution in [0.2, 0.25) is 0 Å². The molecule has 0 atom stereocenters. The Hall–Kier alpha value is -4.14. The Morgan fingerprint density at radius 2 is 1.69 bits per heavy atom. The molecule has 0 spiro atoms. The van der Waals surface area contributed by atoms with E-state index in [0.29, 0.717) is 34.9 Å². The molecule has 0 saturated carbocycles. The molecule has 2 aromatic heterocycles. The third kappa shape index (κ3) is 4.46. The largest absolute Gasteiger partial charge is 0.399 e. The highest BCUT2D eigenvalue weighted by atomic mass is 16.2. The smallest absolute Gasteiger partial charge is 0.323 e. The van der Waals surface area contributed by atoms with Crippen molar-refractivity contribution >= 4 is 39.9 Å². The van der Waals surface area contributed by atoms with Crippen LogP contribution in [-0.4, -0.2) is 25.8 Å². The van der Waals surface area contributed by atoms with Crippen molar-refractivity contribution < 1.29 is 4.79 Å². The topological polar surface area (TPSA) is 137 Å². The van der Waals surface area contributed by atoms with E-state index >= 15 is 0 Å². The molecule has 4 aromatic rings. The van der Waals surface area contributed by atoms with Gasteiger partial charge in [-0.3, -0.25) is 0 Å². The predicted octanol–water partition coefficient (Wildman–Crippen LogP) is 3.98. The minimum absolute atomic E-state index is 0.264. The van der Waals surface area contributed by atoms with E-state index in [1.807, 2.05) is 28.9 Å². The fourth-order valence-corrected chi connectivity index (χ4v) is 3.50. The highest BCUT2D eigenvalue weighted by molar-refractivity contribution is 6.00. The Bertz CT molecular complexity index is 1290. The van der Waals surface area contributed by atoms with Crippen LogP contribution in [0.3, 0.4) is 0 Å². The number of benzene rings is 2. The fraction of sp³-hybridized carbons (Fsp3) is 0.217. The van der Waals surface area contributed by atoms with Crippen molar-refractivity contribution in [2.24, 2.45) is 0 Å². The maximum atomic E-state index is 12.4. The van der Waals surface area contributed by atoms with Gasteiger partial charge < -0.3 is 22.1 Å². The molecule has 0 aliphatic heterocycles. The van der Waals surface area contributed by atoms with Gasteiger partial charge in [-0.2, -0.15) is 5.10 Å². The number of anilines is 4. The quantitative estimate of drug-likeness (QED) is 0.361. The monoisotopic (exact) mass is 430 g/mol. The number of amides is 2. The number of rotatable bonds is 4. The molecule has 164 valence electrons. The molecule has 32 heavy (non-hydrogen) atoms. The Morgan fingerprint density at radius 3 is 2.38 bits per heavy atom. The number of hydrogen-bond acceptors (Lipinski definition) is 6. The van der Waals surface area contributed by atoms with Gasteiger partial charge in [0.2, 0.25) is 0 Å². The fourth-order valence-electron chi connectivity index (χ4n) is 3.50. The van der Waals surface area contributed by atoms with Gasteiger partial charge >= 0.3 is 6.03 Å². The number of aromatic nitrogens is 4. The van der Waals surface area contributed by atoms with Crippen LogP contribution in [0.1, 0.15) is 32.0 Å². The molecule has 4 rings (SSSR count). The average Bonchev–Trinajstić information content (AvgIpc) is 3.08. The van der Waals surface area contributed by atoms with Gasteiger partial charge in [-0.05, 0) is 56.7 Å². The average molecular weight is 431 g/mol. The van der Waals surface area contributed by atoms with Crippen LogP contribution in [0.4, 0.5) is 27.7 Å². The summed E-state index contributed by atoms with van der Waals surface area (Å²) < 4.78 is 1.87.